The fourth-order valence-corrected chi connectivity index (χ4v) is 17.2. The molecule has 0 aromatic rings. The van der Waals surface area contributed by atoms with Crippen LogP contribution in [0, 0.1) is 0 Å². The van der Waals surface area contributed by atoms with Crippen molar-refractivity contribution >= 4 is 0 Å². The summed E-state index contributed by atoms with van der Waals surface area (Å²) < 4.78 is 0. The minimum Gasteiger partial charge on any atom is -0.395 e. The summed E-state index contributed by atoms with van der Waals surface area (Å²) in [5.74, 6) is 0. The molecule has 4 aliphatic heterocycles. The highest BCUT2D eigenvalue weighted by atomic mass is 16.3. The van der Waals surface area contributed by atoms with Crippen LogP contribution in [0.5, 0.6) is 0 Å². The van der Waals surface area contributed by atoms with E-state index in [-0.39, 0.29) is 19.8 Å². The summed E-state index contributed by atoms with van der Waals surface area (Å²) in [5, 5.41) is 42.5. The second kappa shape index (κ2) is 92.0. The number of piperidine rings is 4. The number of hydrogen-bond acceptors (Lipinski definition) is 29. The first-order valence-electron chi connectivity index (χ1n) is 53.5. The van der Waals surface area contributed by atoms with E-state index in [1.54, 1.807) is 7.05 Å². The molecule has 0 bridgehead atoms. The molecule has 4 aliphatic rings. The van der Waals surface area contributed by atoms with Gasteiger partial charge < -0.3 is 126 Å². The van der Waals surface area contributed by atoms with Crippen LogP contribution in [0.15, 0.2) is 0 Å². The van der Waals surface area contributed by atoms with E-state index in [4.69, 9.17) is 15.3 Å². The Balaban J connectivity index is -0.000000166. The lowest BCUT2D eigenvalue weighted by Crippen LogP contribution is -2.62. The van der Waals surface area contributed by atoms with Gasteiger partial charge in [0.25, 0.3) is 0 Å². The third-order valence-electron chi connectivity index (χ3n) is 26.7. The van der Waals surface area contributed by atoms with Crippen LogP contribution in [-0.2, 0) is 0 Å². The SMILES string of the molecule is CN.CN(C)C.CN(C)CCCCCCN(C)C.CN(C)CCCCCCN(C)C1CC(C)(C)N(C)C(C)(C)C1.CN(C)CCCN(C)C.CN(C)CCCN(C)C1CC(C)(C)N(C)C(C)(C)C1.CN(C)CCO.CN(C)CCO.CNC.CNCCCN(C)C.CNCCCN(C)C1CC(C)(C)N(C)C(C)(C)C1.CNCCN(C)C.CNCCN(C)C1CC(C)(C)N(C)C(C)(C)C1.CNCCO. The van der Waals surface area contributed by atoms with E-state index in [1.165, 1.54) is 201 Å². The molecule has 0 amide bonds. The van der Waals surface area contributed by atoms with E-state index >= 15 is 0 Å². The second-order valence-electron chi connectivity index (χ2n) is 47.7. The Bertz CT molecular complexity index is 2390. The number of nitrogens with two attached hydrogens (primary N) is 1. The number of rotatable bonds is 46. The molecule has 0 unspecified atom stereocenters. The van der Waals surface area contributed by atoms with Gasteiger partial charge >= 0.3 is 0 Å². The topological polar surface area (TPSA) is 220 Å². The van der Waals surface area contributed by atoms with E-state index < -0.39 is 0 Å². The first-order chi connectivity index (χ1) is 63.4. The molecule has 848 valence electrons. The molecule has 4 rings (SSSR count). The van der Waals surface area contributed by atoms with Gasteiger partial charge in [0.2, 0.25) is 0 Å². The van der Waals surface area contributed by atoms with Gasteiger partial charge in [-0.2, -0.15) is 0 Å². The largest absolute Gasteiger partial charge is 0.395 e. The van der Waals surface area contributed by atoms with Crippen molar-refractivity contribution < 1.29 is 15.3 Å². The summed E-state index contributed by atoms with van der Waals surface area (Å²) in [6.07, 6.45) is 26.0. The van der Waals surface area contributed by atoms with Gasteiger partial charge in [-0.15, -0.1) is 0 Å². The minimum absolute atomic E-state index is 0.233. The maximum atomic E-state index is 8.20. The average Bonchev–Trinajstić information content (AvgIpc) is 0.793. The molecule has 0 radical (unpaired) electrons. The molecule has 0 saturated carbocycles. The summed E-state index contributed by atoms with van der Waals surface area (Å²) in [7, 11) is 81.0. The number of nitrogens with one attached hydrogen (secondary N) is 6. The highest BCUT2D eigenvalue weighted by Gasteiger charge is 2.48. The summed E-state index contributed by atoms with van der Waals surface area (Å²) in [6.45, 7) is 59.8. The molecule has 0 spiro atoms. The Morgan fingerprint density at radius 1 is 0.210 bits per heavy atom. The van der Waals surface area contributed by atoms with Crippen LogP contribution in [0.4, 0.5) is 0 Å². The Kier molecular flexibility index (Phi) is 105. The van der Waals surface area contributed by atoms with Gasteiger partial charge in [0.15, 0.2) is 0 Å². The van der Waals surface area contributed by atoms with E-state index in [9.17, 15) is 0 Å². The lowest BCUT2D eigenvalue weighted by molar-refractivity contribution is -0.0429. The summed E-state index contributed by atoms with van der Waals surface area (Å²) in [5.41, 5.74) is 6.86. The van der Waals surface area contributed by atoms with Crippen molar-refractivity contribution in [2.24, 2.45) is 5.73 Å². The fourth-order valence-electron chi connectivity index (χ4n) is 17.2. The molecule has 11 N–H and O–H groups in total. The Labute approximate surface area is 868 Å². The molecule has 0 aromatic carbocycles. The maximum Gasteiger partial charge on any atom is 0.0558 e. The number of aliphatic hydroxyl groups excluding tert-OH is 3. The van der Waals surface area contributed by atoms with Crippen LogP contribution in [0.25, 0.3) is 0 Å². The Morgan fingerprint density at radius 2 is 0.362 bits per heavy atom. The third kappa shape index (κ3) is 95.7. The molecule has 0 atom stereocenters. The van der Waals surface area contributed by atoms with Crippen molar-refractivity contribution in [3.8, 4) is 0 Å². The number of hydrogen-bond donors (Lipinski definition) is 10. The van der Waals surface area contributed by atoms with Crippen molar-refractivity contribution in [1.29, 1.82) is 0 Å². The van der Waals surface area contributed by atoms with Gasteiger partial charge in [0, 0.05) is 114 Å². The summed E-state index contributed by atoms with van der Waals surface area (Å²) in [6, 6.07) is 2.85. The minimum atomic E-state index is 0.233. The lowest BCUT2D eigenvalue weighted by Gasteiger charge is -2.55. The molecule has 138 heavy (non-hydrogen) atoms. The van der Waals surface area contributed by atoms with E-state index in [2.05, 4.69) is 396 Å². The zero-order chi connectivity index (χ0) is 110. The quantitative estimate of drug-likeness (QED) is 0.0256. The van der Waals surface area contributed by atoms with Gasteiger partial charge in [0.1, 0.15) is 0 Å². The van der Waals surface area contributed by atoms with Crippen LogP contribution >= 0.6 is 0 Å². The molecule has 0 aliphatic carbocycles. The van der Waals surface area contributed by atoms with Crippen LogP contribution in [0.3, 0.4) is 0 Å². The van der Waals surface area contributed by atoms with Crippen LogP contribution in [0.2, 0.25) is 0 Å². The molecular weight excluding hydrogens is 1720 g/mol. The molecule has 29 nitrogen and oxygen atoms in total. The predicted molar refractivity (Wildman–Crippen MR) is 623 cm³/mol. The average molecular weight is 1990 g/mol. The van der Waals surface area contributed by atoms with E-state index in [0.717, 1.165) is 58.4 Å². The zero-order valence-corrected chi connectivity index (χ0v) is 104. The number of likely N-dealkylation sites (tertiary alicyclic amines) is 4. The monoisotopic (exact) mass is 1990 g/mol. The second-order valence-corrected chi connectivity index (χ2v) is 47.7. The molecule has 4 saturated heterocycles. The molecule has 4 fully saturated rings. The molecular formula is C109H264N26O3. The smallest absolute Gasteiger partial charge is 0.0558 e. The first-order valence-corrected chi connectivity index (χ1v) is 53.5. The van der Waals surface area contributed by atoms with Gasteiger partial charge in [-0.05, 0) is 567 Å². The van der Waals surface area contributed by atoms with Gasteiger partial charge in [-0.25, -0.2) is 0 Å². The van der Waals surface area contributed by atoms with Gasteiger partial charge in [0.05, 0.1) is 19.8 Å². The number of aliphatic hydroxyl groups is 3. The van der Waals surface area contributed by atoms with Crippen molar-refractivity contribution in [2.45, 2.75) is 308 Å². The Morgan fingerprint density at radius 3 is 0.529 bits per heavy atom. The van der Waals surface area contributed by atoms with E-state index in [1.807, 2.05) is 106 Å². The molecule has 0 aromatic heterocycles. The highest BCUT2D eigenvalue weighted by molar-refractivity contribution is 5.05. The van der Waals surface area contributed by atoms with Crippen molar-refractivity contribution in [2.75, 3.05) is 419 Å². The molecule has 4 heterocycles. The van der Waals surface area contributed by atoms with Crippen LogP contribution in [0.1, 0.15) is 239 Å². The predicted octanol–water partition coefficient (Wildman–Crippen LogP) is 10.1. The number of nitrogens with zero attached hydrogens (tertiary/aromatic N) is 19. The van der Waals surface area contributed by atoms with E-state index in [0.29, 0.717) is 69.0 Å². The number of unbranched alkanes of at least 4 members (excludes halogenated alkanes) is 6. The van der Waals surface area contributed by atoms with Crippen molar-refractivity contribution in [3.63, 3.8) is 0 Å². The molecule has 29 heteroatoms. The normalized spacial score (nSPS) is 17.8. The van der Waals surface area contributed by atoms with Crippen LogP contribution < -0.4 is 37.6 Å². The van der Waals surface area contributed by atoms with Gasteiger partial charge in [-0.1, -0.05) is 25.7 Å². The summed E-state index contributed by atoms with van der Waals surface area (Å²) >= 11 is 0. The zero-order valence-electron chi connectivity index (χ0n) is 104. The lowest BCUT2D eigenvalue weighted by atomic mass is 9.77. The highest BCUT2D eigenvalue weighted by Crippen LogP contribution is 2.42. The van der Waals surface area contributed by atoms with Crippen molar-refractivity contribution in [3.05, 3.63) is 0 Å². The first kappa shape index (κ1) is 157. The standard InChI is InChI=1S/C19H41N3.C16H35N3.C15H33N3.C14H31N3.C10H24N2.C7H18N2.C6H16N2.C5H14N2.2C4H11NO.C3H9NO.C3H9N.C2H7N.CH5N/c1-18(2)15-17(16-19(3,4)22(18)8)21(7)14-12-10-9-11-13-20(5)6;1-15(2)12-14(13-16(3,4)19(15)8)18(7)11-9-10-17(5)6;1-14(2)11-13(12-15(3,4)18(14)7)17(6)10-8-9-16-5;1-13(2)10-12(16(6)9-8-15-5)11-14(3,4)17(13)7;1-11(2)9-7-5-6-8-10-12(3)4;1-8(2)6-5-7-9(3)4;1-7-5-4-6-8(2)3;1-6-4-5-7(2)3;2*1-5(2)3-4-6;1-4-2-3-5;1-4(2)3;1-3-2;1-2/h17H,9-16H2,1-8H3;14H,9-13H2,1-8H3;13,16H,8-12H2,1-7H3;12,15H,8-11H2,1-7H3;5-10H2,1-4H3;5-7H2,1-4H3;7H,4-6H2,1-3H3;6H,4-5H2,1-3H3;2*6H,3-4H2,1-2H3;4-5H,2-3H2,1H3;1-3H3;3H,1-2H3;2H2,1H3. The fraction of sp³-hybridized carbons (Fsp3) is 1.00. The maximum absolute atomic E-state index is 8.20. The van der Waals surface area contributed by atoms with Crippen LogP contribution in [-0.4, -0.2) is 596 Å². The van der Waals surface area contributed by atoms with Gasteiger partial charge in [-0.3, -0.25) is 19.6 Å². The van der Waals surface area contributed by atoms with Crippen molar-refractivity contribution in [1.82, 2.24) is 125 Å². The Hall–Kier alpha value is -1.16. The number of likely N-dealkylation sites (N-methyl/N-ethyl adjacent to an activating group) is 7. The third-order valence-corrected chi connectivity index (χ3v) is 26.7. The summed E-state index contributed by atoms with van der Waals surface area (Å²) in [4.78, 5) is 44.2.